The number of anilines is 1. The zero-order chi connectivity index (χ0) is 22.0. The number of carbonyl (C=O) groups excluding carboxylic acids is 1. The molecule has 8 nitrogen and oxygen atoms in total. The molecule has 0 radical (unpaired) electrons. The van der Waals surface area contributed by atoms with Gasteiger partial charge in [0.25, 0.3) is 0 Å². The molecule has 1 atom stereocenters. The van der Waals surface area contributed by atoms with Gasteiger partial charge in [0.05, 0.1) is 24.1 Å². The summed E-state index contributed by atoms with van der Waals surface area (Å²) in [7, 11) is 0. The molecule has 31 heavy (non-hydrogen) atoms. The number of hydrogen-bond donors (Lipinski definition) is 2. The molecule has 1 amide bonds. The Hall–Kier alpha value is -2.43. The van der Waals surface area contributed by atoms with Gasteiger partial charge in [-0.05, 0) is 44.7 Å². The van der Waals surface area contributed by atoms with E-state index in [1.807, 2.05) is 5.38 Å². The Labute approximate surface area is 188 Å². The Morgan fingerprint density at radius 3 is 2.84 bits per heavy atom. The fourth-order valence-corrected chi connectivity index (χ4v) is 5.36. The van der Waals surface area contributed by atoms with E-state index in [4.69, 9.17) is 4.74 Å². The lowest BCUT2D eigenvalue weighted by molar-refractivity contribution is -0.113. The number of amides is 1. The molecule has 0 bridgehead atoms. The van der Waals surface area contributed by atoms with Gasteiger partial charge in [-0.25, -0.2) is 14.9 Å². The summed E-state index contributed by atoms with van der Waals surface area (Å²) in [5.41, 5.74) is 5.23. The van der Waals surface area contributed by atoms with Gasteiger partial charge in [0.15, 0.2) is 10.3 Å². The molecule has 1 aliphatic heterocycles. The fraction of sp³-hybridized carbons (Fsp3) is 0.429. The van der Waals surface area contributed by atoms with E-state index in [-0.39, 0.29) is 23.5 Å². The first-order chi connectivity index (χ1) is 14.9. The number of benzene rings is 1. The van der Waals surface area contributed by atoms with E-state index < -0.39 is 0 Å². The van der Waals surface area contributed by atoms with Crippen molar-refractivity contribution in [2.24, 2.45) is 0 Å². The number of carbonyl (C=O) groups is 1. The standard InChI is InChI=1S/C21H25N5O3S2/c1-12-7-13(2)18(14(3)8-12)16-10-30-19(22-16)23-17(27)11-31-21-25-24-20(28)26(21)9-15-5-4-6-29-15/h7-8,10,15H,4-6,9,11H2,1-3H3,(H,24,28)(H,22,23,27). The number of thiazole rings is 1. The quantitative estimate of drug-likeness (QED) is 0.524. The van der Waals surface area contributed by atoms with Crippen molar-refractivity contribution in [3.05, 3.63) is 44.7 Å². The van der Waals surface area contributed by atoms with Crippen molar-refractivity contribution in [2.75, 3.05) is 17.7 Å². The maximum absolute atomic E-state index is 12.5. The van der Waals surface area contributed by atoms with Gasteiger partial charge in [-0.2, -0.15) is 0 Å². The topological polar surface area (TPSA) is 102 Å². The summed E-state index contributed by atoms with van der Waals surface area (Å²) < 4.78 is 7.15. The van der Waals surface area contributed by atoms with E-state index in [1.165, 1.54) is 39.8 Å². The minimum atomic E-state index is -0.285. The zero-order valence-electron chi connectivity index (χ0n) is 17.7. The number of ether oxygens (including phenoxy) is 1. The molecule has 0 spiro atoms. The van der Waals surface area contributed by atoms with Crippen LogP contribution in [0.3, 0.4) is 0 Å². The molecule has 1 aromatic carbocycles. The van der Waals surface area contributed by atoms with Crippen LogP contribution in [0.25, 0.3) is 11.3 Å². The second-order valence-corrected chi connectivity index (χ2v) is 9.51. The van der Waals surface area contributed by atoms with Crippen molar-refractivity contribution in [2.45, 2.75) is 51.4 Å². The number of aromatic nitrogens is 4. The molecule has 1 saturated heterocycles. The molecule has 10 heteroatoms. The Kier molecular flexibility index (Phi) is 6.59. The highest BCUT2D eigenvalue weighted by Crippen LogP contribution is 2.31. The van der Waals surface area contributed by atoms with Gasteiger partial charge >= 0.3 is 5.69 Å². The second-order valence-electron chi connectivity index (χ2n) is 7.71. The number of aryl methyl sites for hydroxylation is 3. The van der Waals surface area contributed by atoms with Gasteiger partial charge in [0, 0.05) is 17.6 Å². The molecule has 1 fully saturated rings. The maximum Gasteiger partial charge on any atom is 0.344 e. The van der Waals surface area contributed by atoms with Gasteiger partial charge in [-0.1, -0.05) is 29.5 Å². The predicted molar refractivity (Wildman–Crippen MR) is 123 cm³/mol. The first-order valence-electron chi connectivity index (χ1n) is 10.1. The van der Waals surface area contributed by atoms with Crippen LogP contribution in [0.15, 0.2) is 27.5 Å². The third-order valence-corrected chi connectivity index (χ3v) is 6.88. The van der Waals surface area contributed by atoms with Crippen LogP contribution in [-0.2, 0) is 16.1 Å². The summed E-state index contributed by atoms with van der Waals surface area (Å²) in [6.45, 7) is 7.39. The molecule has 2 N–H and O–H groups in total. The number of aromatic amines is 1. The monoisotopic (exact) mass is 459 g/mol. The fourth-order valence-electron chi connectivity index (χ4n) is 3.88. The van der Waals surface area contributed by atoms with Crippen LogP contribution in [0.5, 0.6) is 0 Å². The van der Waals surface area contributed by atoms with E-state index in [0.717, 1.165) is 30.7 Å². The van der Waals surface area contributed by atoms with Gasteiger partial charge in [-0.3, -0.25) is 9.36 Å². The summed E-state index contributed by atoms with van der Waals surface area (Å²) in [4.78, 5) is 29.1. The third-order valence-electron chi connectivity index (χ3n) is 5.15. The third kappa shape index (κ3) is 5.08. The van der Waals surface area contributed by atoms with Crippen LogP contribution >= 0.6 is 23.1 Å². The largest absolute Gasteiger partial charge is 0.376 e. The van der Waals surface area contributed by atoms with Crippen molar-refractivity contribution in [1.29, 1.82) is 0 Å². The minimum absolute atomic E-state index is 0.0194. The molecule has 3 aromatic rings. The van der Waals surface area contributed by atoms with Crippen LogP contribution in [0.1, 0.15) is 29.5 Å². The average Bonchev–Trinajstić information content (AvgIpc) is 3.44. The molecule has 3 heterocycles. The first-order valence-corrected chi connectivity index (χ1v) is 12.0. The van der Waals surface area contributed by atoms with Crippen LogP contribution in [0, 0.1) is 20.8 Å². The van der Waals surface area contributed by atoms with Crippen LogP contribution in [-0.4, -0.2) is 44.1 Å². The van der Waals surface area contributed by atoms with Crippen molar-refractivity contribution >= 4 is 34.1 Å². The zero-order valence-corrected chi connectivity index (χ0v) is 19.4. The van der Waals surface area contributed by atoms with Crippen molar-refractivity contribution in [1.82, 2.24) is 19.7 Å². The molecular weight excluding hydrogens is 434 g/mol. The first kappa shape index (κ1) is 21.8. The van der Waals surface area contributed by atoms with Crippen LogP contribution in [0.2, 0.25) is 0 Å². The summed E-state index contributed by atoms with van der Waals surface area (Å²) in [5.74, 6) is -0.0600. The van der Waals surface area contributed by atoms with E-state index in [0.29, 0.717) is 16.8 Å². The Morgan fingerprint density at radius 2 is 2.13 bits per heavy atom. The Bertz CT molecular complexity index is 1120. The van der Waals surface area contributed by atoms with Gasteiger partial charge in [0.2, 0.25) is 5.91 Å². The Morgan fingerprint density at radius 1 is 1.35 bits per heavy atom. The molecular formula is C21H25N5O3S2. The molecule has 4 rings (SSSR count). The highest BCUT2D eigenvalue weighted by Gasteiger charge is 2.20. The minimum Gasteiger partial charge on any atom is -0.376 e. The molecule has 1 unspecified atom stereocenters. The summed E-state index contributed by atoms with van der Waals surface area (Å²) >= 11 is 2.62. The molecule has 0 aliphatic carbocycles. The number of nitrogens with one attached hydrogen (secondary N) is 2. The van der Waals surface area contributed by atoms with Crippen LogP contribution < -0.4 is 11.0 Å². The SMILES string of the molecule is Cc1cc(C)c(-c2csc(NC(=O)CSc3n[nH]c(=O)n3CC3CCCO3)n2)c(C)c1. The maximum atomic E-state index is 12.5. The number of rotatable bonds is 7. The molecule has 0 saturated carbocycles. The highest BCUT2D eigenvalue weighted by molar-refractivity contribution is 7.99. The second kappa shape index (κ2) is 9.37. The van der Waals surface area contributed by atoms with Crippen molar-refractivity contribution in [3.8, 4) is 11.3 Å². The number of hydrogen-bond acceptors (Lipinski definition) is 7. The number of nitrogens with zero attached hydrogens (tertiary/aromatic N) is 3. The van der Waals surface area contributed by atoms with Gasteiger partial charge in [0.1, 0.15) is 0 Å². The summed E-state index contributed by atoms with van der Waals surface area (Å²) in [6.07, 6.45) is 1.94. The van der Waals surface area contributed by atoms with E-state index in [2.05, 4.69) is 53.4 Å². The number of H-pyrrole nitrogens is 1. The molecule has 164 valence electrons. The van der Waals surface area contributed by atoms with Crippen LogP contribution in [0.4, 0.5) is 5.13 Å². The lowest BCUT2D eigenvalue weighted by atomic mass is 9.98. The smallest absolute Gasteiger partial charge is 0.344 e. The van der Waals surface area contributed by atoms with Gasteiger partial charge in [-0.15, -0.1) is 16.4 Å². The average molecular weight is 460 g/mol. The Balaban J connectivity index is 1.38. The molecule has 2 aromatic heterocycles. The lowest BCUT2D eigenvalue weighted by Crippen LogP contribution is -2.25. The lowest BCUT2D eigenvalue weighted by Gasteiger charge is -2.10. The summed E-state index contributed by atoms with van der Waals surface area (Å²) in [5, 5.41) is 12.4. The number of thioether (sulfide) groups is 1. The normalized spacial score (nSPS) is 16.0. The van der Waals surface area contributed by atoms with E-state index >= 15 is 0 Å². The summed E-state index contributed by atoms with van der Waals surface area (Å²) in [6, 6.07) is 4.27. The molecule has 1 aliphatic rings. The van der Waals surface area contributed by atoms with Crippen molar-refractivity contribution in [3.63, 3.8) is 0 Å². The predicted octanol–water partition coefficient (Wildman–Crippen LogP) is 3.53. The highest BCUT2D eigenvalue weighted by atomic mass is 32.2. The van der Waals surface area contributed by atoms with E-state index in [9.17, 15) is 9.59 Å². The van der Waals surface area contributed by atoms with Gasteiger partial charge < -0.3 is 10.1 Å². The van der Waals surface area contributed by atoms with E-state index in [1.54, 1.807) is 4.57 Å². The van der Waals surface area contributed by atoms with Crippen molar-refractivity contribution < 1.29 is 9.53 Å².